The average Bonchev–Trinajstić information content (AvgIpc) is 2.44. The topological polar surface area (TPSA) is 66.4 Å². The smallest absolute Gasteiger partial charge is 0.262 e. The summed E-state index contributed by atoms with van der Waals surface area (Å²) in [6.45, 7) is 1.16. The lowest BCUT2D eigenvalue weighted by molar-refractivity contribution is 0.278. The largest absolute Gasteiger partial charge is 0.392 e. The van der Waals surface area contributed by atoms with E-state index in [1.807, 2.05) is 0 Å². The van der Waals surface area contributed by atoms with Gasteiger partial charge in [-0.25, -0.2) is 12.8 Å². The van der Waals surface area contributed by atoms with Crippen LogP contribution in [0.15, 0.2) is 41.3 Å². The van der Waals surface area contributed by atoms with Crippen molar-refractivity contribution in [1.29, 1.82) is 0 Å². The summed E-state index contributed by atoms with van der Waals surface area (Å²) in [7, 11) is -4.03. The first kappa shape index (κ1) is 15.8. The minimum Gasteiger partial charge on any atom is -0.392 e. The van der Waals surface area contributed by atoms with Gasteiger partial charge in [0, 0.05) is 5.02 Å². The highest BCUT2D eigenvalue weighted by atomic mass is 35.5. The van der Waals surface area contributed by atoms with Crippen molar-refractivity contribution < 1.29 is 17.9 Å². The molecule has 0 aliphatic carbocycles. The molecule has 0 bridgehead atoms. The van der Waals surface area contributed by atoms with Gasteiger partial charge in [-0.3, -0.25) is 4.72 Å². The summed E-state index contributed by atoms with van der Waals surface area (Å²) in [6, 6.07) is 7.98. The van der Waals surface area contributed by atoms with E-state index in [-0.39, 0.29) is 10.5 Å². The van der Waals surface area contributed by atoms with Gasteiger partial charge in [-0.15, -0.1) is 0 Å². The first-order chi connectivity index (χ1) is 9.85. The Morgan fingerprint density at radius 3 is 2.67 bits per heavy atom. The number of anilines is 1. The second-order valence-electron chi connectivity index (χ2n) is 4.43. The molecule has 2 aromatic rings. The summed E-state index contributed by atoms with van der Waals surface area (Å²) in [5.74, 6) is -0.699. The molecule has 0 unspecified atom stereocenters. The fraction of sp³-hybridized carbons (Fsp3) is 0.143. The predicted molar refractivity (Wildman–Crippen MR) is 79.3 cm³/mol. The van der Waals surface area contributed by atoms with Crippen molar-refractivity contribution >= 4 is 27.3 Å². The summed E-state index contributed by atoms with van der Waals surface area (Å²) < 4.78 is 40.4. The Kier molecular flexibility index (Phi) is 4.51. The average molecular weight is 330 g/mol. The number of halogens is 2. The minimum atomic E-state index is -4.03. The SMILES string of the molecule is Cc1c(Cl)cccc1NS(=O)(=O)c1cc(F)ccc1CO. The Labute approximate surface area is 127 Å². The van der Waals surface area contributed by atoms with Crippen LogP contribution in [0, 0.1) is 12.7 Å². The number of aliphatic hydroxyl groups is 1. The van der Waals surface area contributed by atoms with E-state index in [1.54, 1.807) is 25.1 Å². The van der Waals surface area contributed by atoms with Crippen LogP contribution in [-0.2, 0) is 16.6 Å². The Hall–Kier alpha value is -1.63. The number of hydrogen-bond donors (Lipinski definition) is 2. The van der Waals surface area contributed by atoms with Gasteiger partial charge in [0.2, 0.25) is 0 Å². The molecule has 0 fully saturated rings. The number of nitrogens with one attached hydrogen (secondary N) is 1. The molecule has 4 nitrogen and oxygen atoms in total. The fourth-order valence-corrected chi connectivity index (χ4v) is 3.37. The van der Waals surface area contributed by atoms with E-state index < -0.39 is 22.4 Å². The van der Waals surface area contributed by atoms with Crippen LogP contribution in [0.5, 0.6) is 0 Å². The van der Waals surface area contributed by atoms with Gasteiger partial charge in [0.25, 0.3) is 10.0 Å². The lowest BCUT2D eigenvalue weighted by Crippen LogP contribution is -2.16. The Balaban J connectivity index is 2.48. The van der Waals surface area contributed by atoms with Crippen molar-refractivity contribution in [2.75, 3.05) is 4.72 Å². The maximum atomic E-state index is 13.3. The third-order valence-electron chi connectivity index (χ3n) is 3.00. The van der Waals surface area contributed by atoms with Gasteiger partial charge in [-0.1, -0.05) is 23.7 Å². The second-order valence-corrected chi connectivity index (χ2v) is 6.49. The van der Waals surface area contributed by atoms with Gasteiger partial charge in [0.15, 0.2) is 0 Å². The molecule has 0 aliphatic heterocycles. The van der Waals surface area contributed by atoms with E-state index in [9.17, 15) is 17.9 Å². The van der Waals surface area contributed by atoms with Gasteiger partial charge >= 0.3 is 0 Å². The van der Waals surface area contributed by atoms with Crippen LogP contribution in [0.3, 0.4) is 0 Å². The monoisotopic (exact) mass is 329 g/mol. The van der Waals surface area contributed by atoms with Crippen LogP contribution in [0.2, 0.25) is 5.02 Å². The van der Waals surface area contributed by atoms with E-state index in [0.29, 0.717) is 16.3 Å². The van der Waals surface area contributed by atoms with E-state index in [0.717, 1.165) is 12.1 Å². The molecule has 0 spiro atoms. The summed E-state index contributed by atoms with van der Waals surface area (Å²) in [5.41, 5.74) is 0.976. The number of sulfonamides is 1. The third kappa shape index (κ3) is 3.34. The van der Waals surface area contributed by atoms with E-state index in [2.05, 4.69) is 4.72 Å². The zero-order valence-electron chi connectivity index (χ0n) is 11.1. The van der Waals surface area contributed by atoms with Gasteiger partial charge in [0.1, 0.15) is 5.82 Å². The van der Waals surface area contributed by atoms with Crippen LogP contribution in [0.25, 0.3) is 0 Å². The number of rotatable bonds is 4. The van der Waals surface area contributed by atoms with E-state index in [4.69, 9.17) is 11.6 Å². The van der Waals surface area contributed by atoms with Crippen molar-refractivity contribution in [1.82, 2.24) is 0 Å². The van der Waals surface area contributed by atoms with E-state index >= 15 is 0 Å². The zero-order chi connectivity index (χ0) is 15.6. The molecule has 21 heavy (non-hydrogen) atoms. The molecule has 2 rings (SSSR count). The highest BCUT2D eigenvalue weighted by molar-refractivity contribution is 7.92. The molecule has 0 atom stereocenters. The van der Waals surface area contributed by atoms with Crippen LogP contribution >= 0.6 is 11.6 Å². The molecule has 2 aromatic carbocycles. The van der Waals surface area contributed by atoms with Gasteiger partial charge < -0.3 is 5.11 Å². The Morgan fingerprint density at radius 1 is 1.29 bits per heavy atom. The molecule has 7 heteroatoms. The van der Waals surface area contributed by atoms with Crippen molar-refractivity contribution in [2.24, 2.45) is 0 Å². The molecule has 0 aliphatic rings. The van der Waals surface area contributed by atoms with Crippen LogP contribution in [0.4, 0.5) is 10.1 Å². The van der Waals surface area contributed by atoms with Crippen molar-refractivity contribution in [3.8, 4) is 0 Å². The molecule has 2 N–H and O–H groups in total. The van der Waals surface area contributed by atoms with Crippen LogP contribution in [0.1, 0.15) is 11.1 Å². The second kappa shape index (κ2) is 6.01. The normalized spacial score (nSPS) is 11.4. The Morgan fingerprint density at radius 2 is 2.00 bits per heavy atom. The predicted octanol–water partition coefficient (Wildman–Crippen LogP) is 3.08. The van der Waals surface area contributed by atoms with E-state index in [1.165, 1.54) is 6.07 Å². The van der Waals surface area contributed by atoms with Gasteiger partial charge in [-0.05, 0) is 42.3 Å². The number of hydrogen-bond acceptors (Lipinski definition) is 3. The number of benzene rings is 2. The third-order valence-corrected chi connectivity index (χ3v) is 4.86. The zero-order valence-corrected chi connectivity index (χ0v) is 12.7. The quantitative estimate of drug-likeness (QED) is 0.906. The molecular weight excluding hydrogens is 317 g/mol. The molecule has 0 aromatic heterocycles. The standard InChI is InChI=1S/C14H13ClFNO3S/c1-9-12(15)3-2-4-13(9)17-21(19,20)14-7-11(16)6-5-10(14)8-18/h2-7,17-18H,8H2,1H3. The van der Waals surface area contributed by atoms with Crippen molar-refractivity contribution in [3.05, 3.63) is 58.4 Å². The lowest BCUT2D eigenvalue weighted by atomic mass is 10.2. The molecule has 0 radical (unpaired) electrons. The number of aliphatic hydroxyl groups excluding tert-OH is 1. The summed E-state index contributed by atoms with van der Waals surface area (Å²) in [6.07, 6.45) is 0. The van der Waals surface area contributed by atoms with Gasteiger partial charge in [0.05, 0.1) is 17.2 Å². The Bertz CT molecular complexity index is 778. The van der Waals surface area contributed by atoms with Crippen molar-refractivity contribution in [2.45, 2.75) is 18.4 Å². The van der Waals surface area contributed by atoms with Gasteiger partial charge in [-0.2, -0.15) is 0 Å². The summed E-state index contributed by atoms with van der Waals surface area (Å²) in [4.78, 5) is -0.302. The molecule has 0 saturated carbocycles. The maximum absolute atomic E-state index is 13.3. The minimum absolute atomic E-state index is 0.114. The molecule has 0 saturated heterocycles. The van der Waals surface area contributed by atoms with Crippen LogP contribution in [-0.4, -0.2) is 13.5 Å². The first-order valence-electron chi connectivity index (χ1n) is 6.02. The summed E-state index contributed by atoms with van der Waals surface area (Å²) >= 11 is 5.94. The fourth-order valence-electron chi connectivity index (χ4n) is 1.83. The maximum Gasteiger partial charge on any atom is 0.262 e. The van der Waals surface area contributed by atoms with Crippen molar-refractivity contribution in [3.63, 3.8) is 0 Å². The molecule has 0 heterocycles. The summed E-state index contributed by atoms with van der Waals surface area (Å²) in [5, 5.41) is 9.62. The highest BCUT2D eigenvalue weighted by Crippen LogP contribution is 2.26. The first-order valence-corrected chi connectivity index (χ1v) is 7.88. The van der Waals surface area contributed by atoms with Crippen LogP contribution < -0.4 is 4.72 Å². The molecule has 0 amide bonds. The molecular formula is C14H13ClFNO3S. The highest BCUT2D eigenvalue weighted by Gasteiger charge is 2.20. The molecule has 112 valence electrons. The lowest BCUT2D eigenvalue weighted by Gasteiger charge is -2.13.